The fraction of sp³-hybridized carbons (Fsp3) is 0.552. The van der Waals surface area contributed by atoms with E-state index < -0.39 is 0 Å². The van der Waals surface area contributed by atoms with Gasteiger partial charge in [-0.2, -0.15) is 0 Å². The summed E-state index contributed by atoms with van der Waals surface area (Å²) in [5.41, 5.74) is 2.47. The lowest BCUT2D eigenvalue weighted by Gasteiger charge is -2.36. The van der Waals surface area contributed by atoms with Gasteiger partial charge >= 0.3 is 0 Å². The van der Waals surface area contributed by atoms with Crippen LogP contribution in [0.3, 0.4) is 0 Å². The molecular formula is C29H39N3O3. The lowest BCUT2D eigenvalue weighted by Crippen LogP contribution is -2.49. The number of likely N-dealkylation sites (tertiary alicyclic amines) is 3. The monoisotopic (exact) mass is 477 g/mol. The maximum Gasteiger partial charge on any atom is 0.237 e. The van der Waals surface area contributed by atoms with Crippen molar-refractivity contribution in [3.05, 3.63) is 59.7 Å². The first kappa shape index (κ1) is 24.1. The zero-order valence-corrected chi connectivity index (χ0v) is 21.2. The predicted octanol–water partition coefficient (Wildman–Crippen LogP) is 4.50. The molecule has 35 heavy (non-hydrogen) atoms. The van der Waals surface area contributed by atoms with E-state index in [1.165, 1.54) is 31.2 Å². The van der Waals surface area contributed by atoms with Crippen LogP contribution in [0.15, 0.2) is 48.5 Å². The van der Waals surface area contributed by atoms with Gasteiger partial charge in [-0.15, -0.1) is 0 Å². The van der Waals surface area contributed by atoms with Crippen molar-refractivity contribution in [2.75, 3.05) is 40.4 Å². The summed E-state index contributed by atoms with van der Waals surface area (Å²) in [6, 6.07) is 17.9. The summed E-state index contributed by atoms with van der Waals surface area (Å²) in [4.78, 5) is 20.9. The number of benzene rings is 2. The Morgan fingerprint density at radius 2 is 1.57 bits per heavy atom. The molecule has 2 aromatic carbocycles. The van der Waals surface area contributed by atoms with Crippen molar-refractivity contribution in [1.29, 1.82) is 0 Å². The summed E-state index contributed by atoms with van der Waals surface area (Å²) in [5, 5.41) is 0. The standard InChI is InChI=1S/C29H39N3O3/c1-34-23-14-15-24(28(19-23)35-2)25-11-8-18-32(25)29(33)21-31-17-7-13-27(31)26-12-6-16-30(26)20-22-9-4-3-5-10-22/h3-5,9-10,14-15,19,25-27H,6-8,11-13,16-18,20-21H2,1-2H3. The van der Waals surface area contributed by atoms with Crippen molar-refractivity contribution in [2.24, 2.45) is 0 Å². The average Bonchev–Trinajstić information content (AvgIpc) is 3.65. The van der Waals surface area contributed by atoms with Crippen LogP contribution in [0.1, 0.15) is 55.7 Å². The number of methoxy groups -OCH3 is 2. The highest BCUT2D eigenvalue weighted by molar-refractivity contribution is 5.79. The second kappa shape index (κ2) is 11.0. The first-order valence-corrected chi connectivity index (χ1v) is 13.2. The van der Waals surface area contributed by atoms with Crippen molar-refractivity contribution in [3.63, 3.8) is 0 Å². The lowest BCUT2D eigenvalue weighted by atomic mass is 10.0. The highest BCUT2D eigenvalue weighted by atomic mass is 16.5. The second-order valence-corrected chi connectivity index (χ2v) is 10.2. The molecule has 0 spiro atoms. The van der Waals surface area contributed by atoms with Crippen LogP contribution in [-0.2, 0) is 11.3 Å². The van der Waals surface area contributed by atoms with E-state index in [4.69, 9.17) is 9.47 Å². The van der Waals surface area contributed by atoms with Gasteiger partial charge < -0.3 is 14.4 Å². The first-order valence-electron chi connectivity index (χ1n) is 13.2. The summed E-state index contributed by atoms with van der Waals surface area (Å²) >= 11 is 0. The average molecular weight is 478 g/mol. The maximum atomic E-state index is 13.6. The lowest BCUT2D eigenvalue weighted by molar-refractivity contribution is -0.133. The van der Waals surface area contributed by atoms with Crippen molar-refractivity contribution in [1.82, 2.24) is 14.7 Å². The molecule has 2 aromatic rings. The molecule has 3 aliphatic rings. The van der Waals surface area contributed by atoms with Crippen molar-refractivity contribution >= 4 is 5.91 Å². The quantitative estimate of drug-likeness (QED) is 0.560. The number of hydrogen-bond acceptors (Lipinski definition) is 5. The number of carbonyl (C=O) groups excluding carboxylic acids is 1. The number of rotatable bonds is 8. The normalized spacial score (nSPS) is 25.3. The molecule has 0 bridgehead atoms. The molecule has 188 valence electrons. The van der Waals surface area contributed by atoms with E-state index in [-0.39, 0.29) is 11.9 Å². The number of carbonyl (C=O) groups is 1. The van der Waals surface area contributed by atoms with E-state index in [0.29, 0.717) is 18.6 Å². The van der Waals surface area contributed by atoms with Crippen LogP contribution in [0.2, 0.25) is 0 Å². The van der Waals surface area contributed by atoms with E-state index in [2.05, 4.69) is 51.1 Å². The summed E-state index contributed by atoms with van der Waals surface area (Å²) in [7, 11) is 3.36. The molecule has 0 N–H and O–H groups in total. The fourth-order valence-corrected chi connectivity index (χ4v) is 6.53. The topological polar surface area (TPSA) is 45.2 Å². The third-order valence-corrected chi connectivity index (χ3v) is 8.21. The van der Waals surface area contributed by atoms with Gasteiger partial charge in [0.2, 0.25) is 5.91 Å². The Morgan fingerprint density at radius 1 is 0.857 bits per heavy atom. The van der Waals surface area contributed by atoms with E-state index in [9.17, 15) is 4.79 Å². The summed E-state index contributed by atoms with van der Waals surface area (Å²) < 4.78 is 11.0. The molecule has 3 aliphatic heterocycles. The minimum Gasteiger partial charge on any atom is -0.497 e. The Labute approximate surface area is 209 Å². The summed E-state index contributed by atoms with van der Waals surface area (Å²) in [5.74, 6) is 1.83. The summed E-state index contributed by atoms with van der Waals surface area (Å²) in [6.07, 6.45) is 6.87. The molecule has 3 fully saturated rings. The molecule has 3 heterocycles. The van der Waals surface area contributed by atoms with E-state index >= 15 is 0 Å². The minimum absolute atomic E-state index is 0.0745. The van der Waals surface area contributed by atoms with Gasteiger partial charge in [0.15, 0.2) is 0 Å². The predicted molar refractivity (Wildman–Crippen MR) is 138 cm³/mol. The number of hydrogen-bond donors (Lipinski definition) is 0. The molecule has 3 unspecified atom stereocenters. The van der Waals surface area contributed by atoms with Crippen LogP contribution in [0, 0.1) is 0 Å². The smallest absolute Gasteiger partial charge is 0.237 e. The molecular weight excluding hydrogens is 438 g/mol. The minimum atomic E-state index is 0.0745. The molecule has 6 nitrogen and oxygen atoms in total. The summed E-state index contributed by atoms with van der Waals surface area (Å²) in [6.45, 7) is 4.53. The number of ether oxygens (including phenoxy) is 2. The molecule has 0 aliphatic carbocycles. The molecule has 0 aromatic heterocycles. The molecule has 6 heteroatoms. The highest BCUT2D eigenvalue weighted by Crippen LogP contribution is 2.39. The Balaban J connectivity index is 1.26. The Kier molecular flexibility index (Phi) is 7.59. The first-order chi connectivity index (χ1) is 17.2. The van der Waals surface area contributed by atoms with Gasteiger partial charge in [-0.05, 0) is 69.3 Å². The Bertz CT molecular complexity index is 998. The van der Waals surface area contributed by atoms with Crippen LogP contribution in [-0.4, -0.2) is 73.1 Å². The van der Waals surface area contributed by atoms with E-state index in [0.717, 1.165) is 56.1 Å². The van der Waals surface area contributed by atoms with Gasteiger partial charge in [0.05, 0.1) is 26.8 Å². The molecule has 0 radical (unpaired) electrons. The Morgan fingerprint density at radius 3 is 2.31 bits per heavy atom. The molecule has 5 rings (SSSR count). The highest BCUT2D eigenvalue weighted by Gasteiger charge is 2.40. The van der Waals surface area contributed by atoms with Gasteiger partial charge in [0.1, 0.15) is 11.5 Å². The van der Waals surface area contributed by atoms with Crippen LogP contribution in [0.25, 0.3) is 0 Å². The van der Waals surface area contributed by atoms with Crippen LogP contribution in [0.4, 0.5) is 0 Å². The Hall–Kier alpha value is -2.57. The van der Waals surface area contributed by atoms with E-state index in [1.54, 1.807) is 14.2 Å². The van der Waals surface area contributed by atoms with Gasteiger partial charge in [0, 0.05) is 36.8 Å². The SMILES string of the molecule is COc1ccc(C2CCCN2C(=O)CN2CCCC2C2CCCN2Cc2ccccc2)c(OC)c1. The zero-order valence-electron chi connectivity index (χ0n) is 21.2. The van der Waals surface area contributed by atoms with Crippen LogP contribution < -0.4 is 9.47 Å². The number of amides is 1. The third-order valence-electron chi connectivity index (χ3n) is 8.21. The molecule has 1 amide bonds. The van der Waals surface area contributed by atoms with Gasteiger partial charge in [-0.1, -0.05) is 30.3 Å². The second-order valence-electron chi connectivity index (χ2n) is 10.2. The van der Waals surface area contributed by atoms with Crippen molar-refractivity contribution in [3.8, 4) is 11.5 Å². The van der Waals surface area contributed by atoms with Gasteiger partial charge in [0.25, 0.3) is 0 Å². The third kappa shape index (κ3) is 5.19. The fourth-order valence-electron chi connectivity index (χ4n) is 6.53. The maximum absolute atomic E-state index is 13.6. The van der Waals surface area contributed by atoms with Crippen molar-refractivity contribution in [2.45, 2.75) is 63.2 Å². The van der Waals surface area contributed by atoms with Gasteiger partial charge in [-0.25, -0.2) is 0 Å². The molecule has 0 saturated carbocycles. The number of nitrogens with zero attached hydrogens (tertiary/aromatic N) is 3. The van der Waals surface area contributed by atoms with Crippen LogP contribution in [0.5, 0.6) is 11.5 Å². The zero-order chi connectivity index (χ0) is 24.2. The van der Waals surface area contributed by atoms with E-state index in [1.807, 2.05) is 12.1 Å². The van der Waals surface area contributed by atoms with Crippen LogP contribution >= 0.6 is 0 Å². The molecule has 3 atom stereocenters. The largest absolute Gasteiger partial charge is 0.497 e. The van der Waals surface area contributed by atoms with Gasteiger partial charge in [-0.3, -0.25) is 14.6 Å². The molecule has 3 saturated heterocycles. The van der Waals surface area contributed by atoms with Crippen molar-refractivity contribution < 1.29 is 14.3 Å².